The van der Waals surface area contributed by atoms with Crippen molar-refractivity contribution in [1.29, 1.82) is 0 Å². The van der Waals surface area contributed by atoms with E-state index < -0.39 is 39.5 Å². The van der Waals surface area contributed by atoms with Gasteiger partial charge in [0.2, 0.25) is 15.9 Å². The summed E-state index contributed by atoms with van der Waals surface area (Å²) in [5.74, 6) is -2.22. The second kappa shape index (κ2) is 10.6. The molecule has 2 N–H and O–H groups in total. The first-order chi connectivity index (χ1) is 16.4. The summed E-state index contributed by atoms with van der Waals surface area (Å²) < 4.78 is 86.0. The number of anilines is 1. The Labute approximate surface area is 203 Å². The van der Waals surface area contributed by atoms with Crippen molar-refractivity contribution in [2.24, 2.45) is 0 Å². The lowest BCUT2D eigenvalue weighted by molar-refractivity contribution is -0.140. The summed E-state index contributed by atoms with van der Waals surface area (Å²) in [5, 5.41) is 2.25. The average Bonchev–Trinajstić information content (AvgIpc) is 2.79. The van der Waals surface area contributed by atoms with Crippen LogP contribution in [0.5, 0.6) is 5.75 Å². The van der Waals surface area contributed by atoms with Gasteiger partial charge in [-0.05, 0) is 48.4 Å². The second-order valence-electron chi connectivity index (χ2n) is 7.34. The van der Waals surface area contributed by atoms with Crippen LogP contribution in [0.2, 0.25) is 5.02 Å². The van der Waals surface area contributed by atoms with Crippen LogP contribution >= 0.6 is 11.6 Å². The number of hydrogen-bond donors (Lipinski definition) is 2. The van der Waals surface area contributed by atoms with E-state index in [1.165, 1.54) is 19.2 Å². The average molecular weight is 531 g/mol. The van der Waals surface area contributed by atoms with E-state index >= 15 is 0 Å². The summed E-state index contributed by atoms with van der Waals surface area (Å²) in [6.45, 7) is 0. The SMILES string of the molecule is COc1ccc(S(=O)(=O)N[C@@H](Cc2ccccc2)C(=O)Nc2ccc(F)c(C(F)(F)F)c2)cc1Cl. The van der Waals surface area contributed by atoms with Crippen LogP contribution in [0.15, 0.2) is 71.6 Å². The maximum absolute atomic E-state index is 13.6. The zero-order valence-corrected chi connectivity index (χ0v) is 19.6. The molecular formula is C23H19ClF4N2O4S. The minimum Gasteiger partial charge on any atom is -0.495 e. The summed E-state index contributed by atoms with van der Waals surface area (Å²) in [4.78, 5) is 12.7. The molecule has 0 spiro atoms. The van der Waals surface area contributed by atoms with Crippen molar-refractivity contribution in [3.05, 3.63) is 88.7 Å². The van der Waals surface area contributed by atoms with Gasteiger partial charge in [-0.1, -0.05) is 41.9 Å². The maximum Gasteiger partial charge on any atom is 0.419 e. The maximum atomic E-state index is 13.6. The number of sulfonamides is 1. The van der Waals surface area contributed by atoms with E-state index in [1.807, 2.05) is 0 Å². The van der Waals surface area contributed by atoms with Crippen molar-refractivity contribution < 1.29 is 35.5 Å². The number of ether oxygens (including phenoxy) is 1. The highest BCUT2D eigenvalue weighted by molar-refractivity contribution is 7.89. The van der Waals surface area contributed by atoms with E-state index in [9.17, 15) is 30.8 Å². The zero-order chi connectivity index (χ0) is 25.8. The molecule has 0 saturated carbocycles. The van der Waals surface area contributed by atoms with Gasteiger partial charge < -0.3 is 10.1 Å². The topological polar surface area (TPSA) is 84.5 Å². The fourth-order valence-electron chi connectivity index (χ4n) is 3.16. The molecule has 0 heterocycles. The van der Waals surface area contributed by atoms with Gasteiger partial charge in [-0.25, -0.2) is 12.8 Å². The predicted octanol–water partition coefficient (Wildman–Crippen LogP) is 5.03. The van der Waals surface area contributed by atoms with Crippen molar-refractivity contribution in [2.45, 2.75) is 23.5 Å². The monoisotopic (exact) mass is 530 g/mol. The van der Waals surface area contributed by atoms with Crippen LogP contribution in [0, 0.1) is 5.82 Å². The fraction of sp³-hybridized carbons (Fsp3) is 0.174. The molecule has 0 saturated heterocycles. The first kappa shape index (κ1) is 26.5. The largest absolute Gasteiger partial charge is 0.495 e. The summed E-state index contributed by atoms with van der Waals surface area (Å²) in [7, 11) is -2.94. The molecule has 3 aromatic carbocycles. The van der Waals surface area contributed by atoms with E-state index in [2.05, 4.69) is 10.0 Å². The number of nitrogens with one attached hydrogen (secondary N) is 2. The van der Waals surface area contributed by atoms with E-state index in [1.54, 1.807) is 30.3 Å². The third kappa shape index (κ3) is 6.71. The quantitative estimate of drug-likeness (QED) is 0.400. The number of alkyl halides is 3. The van der Waals surface area contributed by atoms with E-state index in [0.29, 0.717) is 17.7 Å². The van der Waals surface area contributed by atoms with Crippen LogP contribution in [0.25, 0.3) is 0 Å². The molecule has 0 radical (unpaired) electrons. The molecule has 6 nitrogen and oxygen atoms in total. The molecule has 1 atom stereocenters. The molecule has 1 amide bonds. The van der Waals surface area contributed by atoms with Crippen LogP contribution in [0.4, 0.5) is 23.2 Å². The normalized spacial score (nSPS) is 12.7. The van der Waals surface area contributed by atoms with Gasteiger partial charge in [0, 0.05) is 5.69 Å². The van der Waals surface area contributed by atoms with Crippen molar-refractivity contribution in [1.82, 2.24) is 4.72 Å². The van der Waals surface area contributed by atoms with Crippen molar-refractivity contribution >= 4 is 33.2 Å². The molecule has 0 aromatic heterocycles. The molecule has 0 fully saturated rings. The van der Waals surface area contributed by atoms with Gasteiger partial charge in [0.1, 0.15) is 17.6 Å². The van der Waals surface area contributed by atoms with Crippen LogP contribution in [0.3, 0.4) is 0 Å². The van der Waals surface area contributed by atoms with Gasteiger partial charge in [-0.3, -0.25) is 4.79 Å². The van der Waals surface area contributed by atoms with Gasteiger partial charge in [-0.2, -0.15) is 17.9 Å². The molecule has 186 valence electrons. The first-order valence-corrected chi connectivity index (χ1v) is 11.8. The van der Waals surface area contributed by atoms with Crippen molar-refractivity contribution in [3.63, 3.8) is 0 Å². The fourth-order valence-corrected chi connectivity index (χ4v) is 4.70. The number of hydrogen-bond acceptors (Lipinski definition) is 4. The first-order valence-electron chi connectivity index (χ1n) is 9.98. The number of rotatable bonds is 8. The lowest BCUT2D eigenvalue weighted by Gasteiger charge is -2.20. The Balaban J connectivity index is 1.91. The van der Waals surface area contributed by atoms with Crippen LogP contribution in [0.1, 0.15) is 11.1 Å². The smallest absolute Gasteiger partial charge is 0.419 e. The summed E-state index contributed by atoms with van der Waals surface area (Å²) in [6.07, 6.45) is -5.10. The summed E-state index contributed by atoms with van der Waals surface area (Å²) in [5.41, 5.74) is -1.34. The minimum atomic E-state index is -4.98. The van der Waals surface area contributed by atoms with Crippen LogP contribution in [-0.2, 0) is 27.4 Å². The molecule has 35 heavy (non-hydrogen) atoms. The number of carbonyl (C=O) groups excluding carboxylic acids is 1. The number of carbonyl (C=O) groups is 1. The third-order valence-corrected chi connectivity index (χ3v) is 6.63. The number of halogens is 5. The Hall–Kier alpha value is -3.15. The zero-order valence-electron chi connectivity index (χ0n) is 18.1. The van der Waals surface area contributed by atoms with E-state index in [0.717, 1.165) is 12.1 Å². The van der Waals surface area contributed by atoms with Crippen LogP contribution < -0.4 is 14.8 Å². The van der Waals surface area contributed by atoms with Gasteiger partial charge in [0.25, 0.3) is 0 Å². The highest BCUT2D eigenvalue weighted by atomic mass is 35.5. The molecule has 12 heteroatoms. The Morgan fingerprint density at radius 3 is 2.34 bits per heavy atom. The van der Waals surface area contributed by atoms with E-state index in [4.69, 9.17) is 16.3 Å². The molecule has 0 aliphatic carbocycles. The standard InChI is InChI=1S/C23H19ClF4N2O4S/c1-34-21-10-8-16(13-18(21)24)35(32,33)30-20(11-14-5-3-2-4-6-14)22(31)29-15-7-9-19(25)17(12-15)23(26,27)28/h2-10,12-13,20,30H,11H2,1H3,(H,29,31)/t20-/m0/s1. The van der Waals surface area contributed by atoms with Crippen molar-refractivity contribution in [2.75, 3.05) is 12.4 Å². The number of amides is 1. The van der Waals surface area contributed by atoms with Gasteiger partial charge in [-0.15, -0.1) is 0 Å². The number of benzene rings is 3. The highest BCUT2D eigenvalue weighted by Gasteiger charge is 2.34. The lowest BCUT2D eigenvalue weighted by Crippen LogP contribution is -2.45. The molecular weight excluding hydrogens is 512 g/mol. The highest BCUT2D eigenvalue weighted by Crippen LogP contribution is 2.33. The Kier molecular flexibility index (Phi) is 8.04. The van der Waals surface area contributed by atoms with Gasteiger partial charge >= 0.3 is 6.18 Å². The summed E-state index contributed by atoms with van der Waals surface area (Å²) >= 11 is 6.02. The van der Waals surface area contributed by atoms with E-state index in [-0.39, 0.29) is 27.8 Å². The predicted molar refractivity (Wildman–Crippen MR) is 122 cm³/mol. The van der Waals surface area contributed by atoms with Gasteiger partial charge in [0.05, 0.1) is 22.6 Å². The Morgan fingerprint density at radius 1 is 1.06 bits per heavy atom. The molecule has 0 aliphatic rings. The Morgan fingerprint density at radius 2 is 1.74 bits per heavy atom. The van der Waals surface area contributed by atoms with Crippen molar-refractivity contribution in [3.8, 4) is 5.75 Å². The van der Waals surface area contributed by atoms with Gasteiger partial charge in [0.15, 0.2) is 0 Å². The van der Waals surface area contributed by atoms with Crippen LogP contribution in [-0.4, -0.2) is 27.5 Å². The molecule has 3 rings (SSSR count). The lowest BCUT2D eigenvalue weighted by atomic mass is 10.1. The number of methoxy groups -OCH3 is 1. The summed E-state index contributed by atoms with van der Waals surface area (Å²) in [6, 6.07) is 12.6. The molecule has 0 bridgehead atoms. The second-order valence-corrected chi connectivity index (χ2v) is 9.46. The minimum absolute atomic E-state index is 0.0189. The molecule has 3 aromatic rings. The molecule has 0 unspecified atom stereocenters. The molecule has 0 aliphatic heterocycles. The third-order valence-electron chi connectivity index (χ3n) is 4.87. The Bertz CT molecular complexity index is 1320.